The molecule has 3 heteroatoms. The lowest BCUT2D eigenvalue weighted by atomic mass is 10.3. The zero-order valence-electron chi connectivity index (χ0n) is 5.77. The summed E-state index contributed by atoms with van der Waals surface area (Å²) in [5, 5.41) is 11.5. The van der Waals surface area contributed by atoms with Crippen LogP contribution in [0.25, 0.3) is 0 Å². The quantitative estimate of drug-likeness (QED) is 0.518. The van der Waals surface area contributed by atoms with Gasteiger partial charge in [0.1, 0.15) is 0 Å². The normalized spacial score (nSPS) is 16.8. The van der Waals surface area contributed by atoms with Crippen molar-refractivity contribution in [2.24, 2.45) is 0 Å². The fraction of sp³-hybridized carbons (Fsp3) is 0.833. The number of hydrogen-bond acceptors (Lipinski definition) is 3. The van der Waals surface area contributed by atoms with Gasteiger partial charge in [-0.05, 0) is 19.9 Å². The molecule has 1 atom stereocenters. The Balaban J connectivity index is 3.45. The maximum atomic E-state index is 9.89. The van der Waals surface area contributed by atoms with Crippen molar-refractivity contribution in [2.45, 2.75) is 26.0 Å². The van der Waals surface area contributed by atoms with Crippen LogP contribution in [0, 0.1) is 0 Å². The summed E-state index contributed by atoms with van der Waals surface area (Å²) in [5.74, 6) is 0. The van der Waals surface area contributed by atoms with Gasteiger partial charge in [-0.1, -0.05) is 6.92 Å². The Bertz CT molecular complexity index is 91.1. The van der Waals surface area contributed by atoms with Crippen molar-refractivity contribution in [3.05, 3.63) is 0 Å². The summed E-state index contributed by atoms with van der Waals surface area (Å²) in [4.78, 5) is 9.89. The Morgan fingerprint density at radius 3 is 2.67 bits per heavy atom. The van der Waals surface area contributed by atoms with Gasteiger partial charge in [-0.3, -0.25) is 10.1 Å². The SMILES string of the molecule is CCCNC(C)(O)[C]=O. The highest BCUT2D eigenvalue weighted by atomic mass is 16.3. The Morgan fingerprint density at radius 2 is 2.33 bits per heavy atom. The molecule has 0 aromatic heterocycles. The molecule has 0 rings (SSSR count). The van der Waals surface area contributed by atoms with Crippen molar-refractivity contribution in [3.63, 3.8) is 0 Å². The topological polar surface area (TPSA) is 49.3 Å². The Morgan fingerprint density at radius 1 is 1.78 bits per heavy atom. The lowest BCUT2D eigenvalue weighted by Crippen LogP contribution is -2.43. The molecule has 1 unspecified atom stereocenters. The van der Waals surface area contributed by atoms with E-state index in [0.29, 0.717) is 6.54 Å². The molecule has 0 saturated heterocycles. The third-order valence-electron chi connectivity index (χ3n) is 0.918. The Kier molecular flexibility index (Phi) is 3.42. The van der Waals surface area contributed by atoms with Crippen LogP contribution in [0.15, 0.2) is 0 Å². The predicted octanol–water partition coefficient (Wildman–Crippen LogP) is -0.196. The average molecular weight is 130 g/mol. The van der Waals surface area contributed by atoms with Crippen molar-refractivity contribution >= 4 is 6.29 Å². The van der Waals surface area contributed by atoms with Gasteiger partial charge in [-0.15, -0.1) is 0 Å². The molecule has 0 bridgehead atoms. The van der Waals surface area contributed by atoms with E-state index in [1.54, 1.807) is 0 Å². The molecule has 0 heterocycles. The number of rotatable bonds is 4. The minimum Gasteiger partial charge on any atom is -0.369 e. The second-order valence-corrected chi connectivity index (χ2v) is 2.10. The molecule has 0 saturated carbocycles. The summed E-state index contributed by atoms with van der Waals surface area (Å²) in [6, 6.07) is 0. The predicted molar refractivity (Wildman–Crippen MR) is 34.6 cm³/mol. The molecule has 3 nitrogen and oxygen atoms in total. The standard InChI is InChI=1S/C6H12NO2/c1-3-4-7-6(2,9)5-8/h7,9H,3-4H2,1-2H3. The van der Waals surface area contributed by atoms with Crippen LogP contribution in [-0.4, -0.2) is 23.7 Å². The van der Waals surface area contributed by atoms with Gasteiger partial charge in [0.2, 0.25) is 6.29 Å². The van der Waals surface area contributed by atoms with Crippen LogP contribution in [0.1, 0.15) is 20.3 Å². The van der Waals surface area contributed by atoms with Gasteiger partial charge < -0.3 is 5.11 Å². The second kappa shape index (κ2) is 3.58. The maximum Gasteiger partial charge on any atom is 0.249 e. The van der Waals surface area contributed by atoms with Gasteiger partial charge in [0.25, 0.3) is 0 Å². The minimum atomic E-state index is -1.46. The fourth-order valence-corrected chi connectivity index (χ4v) is 0.404. The van der Waals surface area contributed by atoms with Gasteiger partial charge in [0.05, 0.1) is 0 Å². The number of carbonyl (C=O) groups excluding carboxylic acids is 1. The molecule has 0 amide bonds. The van der Waals surface area contributed by atoms with Crippen molar-refractivity contribution < 1.29 is 9.90 Å². The van der Waals surface area contributed by atoms with E-state index in [-0.39, 0.29) is 0 Å². The van der Waals surface area contributed by atoms with Crippen LogP contribution in [0.4, 0.5) is 0 Å². The molecule has 2 N–H and O–H groups in total. The minimum absolute atomic E-state index is 0.627. The summed E-state index contributed by atoms with van der Waals surface area (Å²) in [6.45, 7) is 3.95. The van der Waals surface area contributed by atoms with Crippen LogP contribution in [0.2, 0.25) is 0 Å². The lowest BCUT2D eigenvalue weighted by Gasteiger charge is -2.15. The van der Waals surface area contributed by atoms with Crippen molar-refractivity contribution in [2.75, 3.05) is 6.54 Å². The smallest absolute Gasteiger partial charge is 0.249 e. The van der Waals surface area contributed by atoms with E-state index < -0.39 is 5.72 Å². The van der Waals surface area contributed by atoms with Gasteiger partial charge >= 0.3 is 0 Å². The molecule has 1 radical (unpaired) electrons. The first-order valence-corrected chi connectivity index (χ1v) is 2.99. The first-order chi connectivity index (χ1) is 4.12. The number of hydrogen-bond donors (Lipinski definition) is 2. The molecule has 0 spiro atoms. The van der Waals surface area contributed by atoms with E-state index in [1.807, 2.05) is 6.92 Å². The highest BCUT2D eigenvalue weighted by Gasteiger charge is 2.17. The molecular weight excluding hydrogens is 118 g/mol. The summed E-state index contributed by atoms with van der Waals surface area (Å²) < 4.78 is 0. The lowest BCUT2D eigenvalue weighted by molar-refractivity contribution is 0.0914. The van der Waals surface area contributed by atoms with E-state index in [4.69, 9.17) is 5.11 Å². The van der Waals surface area contributed by atoms with Gasteiger partial charge in [0.15, 0.2) is 5.72 Å². The summed E-state index contributed by atoms with van der Waals surface area (Å²) in [6.07, 6.45) is 2.36. The van der Waals surface area contributed by atoms with E-state index in [1.165, 1.54) is 13.2 Å². The van der Waals surface area contributed by atoms with Crippen LogP contribution in [0.5, 0.6) is 0 Å². The number of aliphatic hydroxyl groups is 1. The third-order valence-corrected chi connectivity index (χ3v) is 0.918. The zero-order chi connectivity index (χ0) is 7.33. The molecular formula is C6H12NO2. The van der Waals surface area contributed by atoms with Gasteiger partial charge in [-0.2, -0.15) is 0 Å². The molecule has 53 valence electrons. The molecule has 0 fully saturated rings. The molecule has 0 aromatic carbocycles. The van der Waals surface area contributed by atoms with Crippen LogP contribution in [-0.2, 0) is 4.79 Å². The molecule has 0 aliphatic rings. The Hall–Kier alpha value is -0.410. The fourth-order valence-electron chi connectivity index (χ4n) is 0.404. The van der Waals surface area contributed by atoms with Crippen LogP contribution >= 0.6 is 0 Å². The monoisotopic (exact) mass is 130 g/mol. The molecule has 0 aliphatic carbocycles. The molecule has 0 aromatic rings. The van der Waals surface area contributed by atoms with Crippen LogP contribution in [0.3, 0.4) is 0 Å². The van der Waals surface area contributed by atoms with E-state index in [2.05, 4.69) is 5.32 Å². The second-order valence-electron chi connectivity index (χ2n) is 2.10. The number of nitrogens with one attached hydrogen (secondary N) is 1. The summed E-state index contributed by atoms with van der Waals surface area (Å²) in [7, 11) is 0. The van der Waals surface area contributed by atoms with E-state index >= 15 is 0 Å². The van der Waals surface area contributed by atoms with Crippen molar-refractivity contribution in [3.8, 4) is 0 Å². The Labute approximate surface area is 55.1 Å². The highest BCUT2D eigenvalue weighted by molar-refractivity contribution is 5.61. The first kappa shape index (κ1) is 8.59. The maximum absolute atomic E-state index is 9.89. The molecule has 9 heavy (non-hydrogen) atoms. The van der Waals surface area contributed by atoms with Crippen molar-refractivity contribution in [1.29, 1.82) is 0 Å². The average Bonchev–Trinajstić information content (AvgIpc) is 1.84. The largest absolute Gasteiger partial charge is 0.369 e. The van der Waals surface area contributed by atoms with Gasteiger partial charge in [-0.25, -0.2) is 0 Å². The highest BCUT2D eigenvalue weighted by Crippen LogP contribution is 1.90. The van der Waals surface area contributed by atoms with Gasteiger partial charge in [0, 0.05) is 0 Å². The third kappa shape index (κ3) is 4.12. The summed E-state index contributed by atoms with van der Waals surface area (Å²) >= 11 is 0. The van der Waals surface area contributed by atoms with E-state index in [9.17, 15) is 4.79 Å². The van der Waals surface area contributed by atoms with E-state index in [0.717, 1.165) is 6.42 Å². The van der Waals surface area contributed by atoms with Crippen LogP contribution < -0.4 is 5.32 Å². The van der Waals surface area contributed by atoms with Crippen molar-refractivity contribution in [1.82, 2.24) is 5.32 Å². The summed E-state index contributed by atoms with van der Waals surface area (Å²) in [5.41, 5.74) is -1.46. The molecule has 0 aliphatic heterocycles. The zero-order valence-corrected chi connectivity index (χ0v) is 5.77. The first-order valence-electron chi connectivity index (χ1n) is 2.99.